The average Bonchev–Trinajstić information content (AvgIpc) is 2.79. The minimum Gasteiger partial charge on any atom is -0.490 e. The van der Waals surface area contributed by atoms with Gasteiger partial charge in [0.1, 0.15) is 16.6 Å². The van der Waals surface area contributed by atoms with Gasteiger partial charge in [0.25, 0.3) is 0 Å². The first-order valence-corrected chi connectivity index (χ1v) is 10.9. The lowest BCUT2D eigenvalue weighted by Crippen LogP contribution is -2.37. The number of rotatable bonds is 6. The summed E-state index contributed by atoms with van der Waals surface area (Å²) in [6.45, 7) is 6.41. The maximum absolute atomic E-state index is 12.6. The molecule has 160 valence electrons. The Morgan fingerprint density at radius 1 is 1.19 bits per heavy atom. The van der Waals surface area contributed by atoms with E-state index in [1.807, 2.05) is 49.4 Å². The van der Waals surface area contributed by atoms with Gasteiger partial charge in [0.05, 0.1) is 6.61 Å². The third-order valence-corrected chi connectivity index (χ3v) is 5.71. The van der Waals surface area contributed by atoms with E-state index in [1.54, 1.807) is 12.1 Å². The number of nitrogens with zero attached hydrogens (tertiary/aromatic N) is 2. The van der Waals surface area contributed by atoms with Crippen LogP contribution in [0.1, 0.15) is 37.8 Å². The van der Waals surface area contributed by atoms with Gasteiger partial charge in [-0.2, -0.15) is 5.26 Å². The van der Waals surface area contributed by atoms with Gasteiger partial charge in [0.2, 0.25) is 0 Å². The zero-order valence-electron chi connectivity index (χ0n) is 17.8. The fourth-order valence-electron chi connectivity index (χ4n) is 3.40. The summed E-state index contributed by atoms with van der Waals surface area (Å²) in [7, 11) is 0. The first kappa shape index (κ1) is 22.5. The van der Waals surface area contributed by atoms with Crippen LogP contribution in [0.15, 0.2) is 54.1 Å². The average molecular weight is 435 g/mol. The van der Waals surface area contributed by atoms with E-state index < -0.39 is 5.97 Å². The molecule has 2 aromatic rings. The van der Waals surface area contributed by atoms with Crippen molar-refractivity contribution < 1.29 is 14.3 Å². The van der Waals surface area contributed by atoms with Gasteiger partial charge < -0.3 is 14.4 Å². The monoisotopic (exact) mass is 434 g/mol. The first-order chi connectivity index (χ1) is 15.0. The molecular weight excluding hydrogens is 408 g/mol. The largest absolute Gasteiger partial charge is 0.490 e. The van der Waals surface area contributed by atoms with Gasteiger partial charge in [-0.15, -0.1) is 0 Å². The van der Waals surface area contributed by atoms with Crippen molar-refractivity contribution in [2.45, 2.75) is 26.7 Å². The van der Waals surface area contributed by atoms with Gasteiger partial charge in [-0.1, -0.05) is 49.5 Å². The molecule has 2 aromatic carbocycles. The molecule has 0 aliphatic carbocycles. The van der Waals surface area contributed by atoms with E-state index in [-0.39, 0.29) is 11.3 Å². The highest BCUT2D eigenvalue weighted by Gasteiger charge is 2.21. The standard InChI is InChI=1S/C25H26N2O3S/c1-3-29-23-16-20(24(31)27-13-11-18(2)12-14-27)9-10-22(23)30-25(28)21(17-26)15-19-7-5-4-6-8-19/h4-10,15-16,18H,3,11-14H2,1-2H3/b21-15+. The summed E-state index contributed by atoms with van der Waals surface area (Å²) in [6, 6.07) is 16.4. The van der Waals surface area contributed by atoms with Crippen LogP contribution >= 0.6 is 12.2 Å². The molecule has 1 aliphatic rings. The maximum atomic E-state index is 12.6. The molecule has 0 N–H and O–H groups in total. The molecule has 0 saturated carbocycles. The topological polar surface area (TPSA) is 62.6 Å². The normalized spacial score (nSPS) is 14.6. The Bertz CT molecular complexity index is 1000. The number of likely N-dealkylation sites (tertiary alicyclic amines) is 1. The van der Waals surface area contributed by atoms with E-state index in [0.29, 0.717) is 12.4 Å². The zero-order chi connectivity index (χ0) is 22.2. The molecule has 0 aromatic heterocycles. The second-order valence-corrected chi connectivity index (χ2v) is 7.93. The molecule has 0 bridgehead atoms. The van der Waals surface area contributed by atoms with Crippen LogP contribution in [-0.4, -0.2) is 35.6 Å². The molecular formula is C25H26N2O3S. The third kappa shape index (κ3) is 5.93. The van der Waals surface area contributed by atoms with Gasteiger partial charge in [-0.25, -0.2) is 4.79 Å². The number of benzene rings is 2. The van der Waals surface area contributed by atoms with Crippen LogP contribution in [0, 0.1) is 17.2 Å². The van der Waals surface area contributed by atoms with Gasteiger partial charge in [-0.05, 0) is 55.5 Å². The van der Waals surface area contributed by atoms with E-state index in [0.717, 1.165) is 48.0 Å². The summed E-state index contributed by atoms with van der Waals surface area (Å²) in [5, 5.41) is 9.42. The van der Waals surface area contributed by atoms with E-state index in [2.05, 4.69) is 11.8 Å². The fraction of sp³-hybridized carbons (Fsp3) is 0.320. The quantitative estimate of drug-likeness (QED) is 0.209. The summed E-state index contributed by atoms with van der Waals surface area (Å²) < 4.78 is 11.2. The van der Waals surface area contributed by atoms with Crippen molar-refractivity contribution >= 4 is 29.3 Å². The Kier molecular flexibility index (Phi) is 7.80. The van der Waals surface area contributed by atoms with E-state index in [4.69, 9.17) is 21.7 Å². The molecule has 1 saturated heterocycles. The van der Waals surface area contributed by atoms with Crippen LogP contribution in [0.4, 0.5) is 0 Å². The summed E-state index contributed by atoms with van der Waals surface area (Å²) in [5.74, 6) is 0.684. The van der Waals surface area contributed by atoms with Crippen LogP contribution < -0.4 is 9.47 Å². The highest BCUT2D eigenvalue weighted by Crippen LogP contribution is 2.31. The molecule has 1 heterocycles. The first-order valence-electron chi connectivity index (χ1n) is 10.5. The molecule has 0 spiro atoms. The number of esters is 1. The number of piperidine rings is 1. The number of ether oxygens (including phenoxy) is 2. The number of hydrogen-bond donors (Lipinski definition) is 0. The maximum Gasteiger partial charge on any atom is 0.354 e. The van der Waals surface area contributed by atoms with E-state index in [9.17, 15) is 10.1 Å². The molecule has 0 unspecified atom stereocenters. The molecule has 5 nitrogen and oxygen atoms in total. The van der Waals surface area contributed by atoms with Gasteiger partial charge in [-0.3, -0.25) is 0 Å². The molecule has 1 fully saturated rings. The van der Waals surface area contributed by atoms with Crippen molar-refractivity contribution in [3.63, 3.8) is 0 Å². The van der Waals surface area contributed by atoms with Crippen molar-refractivity contribution in [1.82, 2.24) is 4.90 Å². The third-order valence-electron chi connectivity index (χ3n) is 5.21. The van der Waals surface area contributed by atoms with Crippen molar-refractivity contribution in [2.75, 3.05) is 19.7 Å². The lowest BCUT2D eigenvalue weighted by Gasteiger charge is -2.32. The van der Waals surface area contributed by atoms with Crippen LogP contribution in [0.5, 0.6) is 11.5 Å². The summed E-state index contributed by atoms with van der Waals surface area (Å²) >= 11 is 5.70. The van der Waals surface area contributed by atoms with Crippen LogP contribution in [0.3, 0.4) is 0 Å². The van der Waals surface area contributed by atoms with Crippen molar-refractivity contribution in [2.24, 2.45) is 5.92 Å². The van der Waals surface area contributed by atoms with E-state index in [1.165, 1.54) is 6.08 Å². The zero-order valence-corrected chi connectivity index (χ0v) is 18.7. The molecule has 6 heteroatoms. The molecule has 31 heavy (non-hydrogen) atoms. The molecule has 0 amide bonds. The number of thiocarbonyl (C=S) groups is 1. The number of carbonyl (C=O) groups is 1. The van der Waals surface area contributed by atoms with E-state index >= 15 is 0 Å². The Labute approximate surface area is 188 Å². The molecule has 0 radical (unpaired) electrons. The number of nitriles is 1. The fourth-order valence-corrected chi connectivity index (χ4v) is 3.71. The smallest absolute Gasteiger partial charge is 0.354 e. The summed E-state index contributed by atoms with van der Waals surface area (Å²) in [5.41, 5.74) is 1.52. The van der Waals surface area contributed by atoms with Crippen molar-refractivity contribution in [3.05, 3.63) is 65.2 Å². The molecule has 1 aliphatic heterocycles. The summed E-state index contributed by atoms with van der Waals surface area (Å²) in [6.07, 6.45) is 3.75. The second-order valence-electron chi connectivity index (χ2n) is 7.54. The number of carbonyl (C=O) groups excluding carboxylic acids is 1. The minimum atomic E-state index is -0.729. The predicted octanol–water partition coefficient (Wildman–Crippen LogP) is 5.01. The lowest BCUT2D eigenvalue weighted by atomic mass is 9.99. The van der Waals surface area contributed by atoms with Crippen LogP contribution in [0.2, 0.25) is 0 Å². The van der Waals surface area contributed by atoms with Crippen molar-refractivity contribution in [1.29, 1.82) is 5.26 Å². The second kappa shape index (κ2) is 10.7. The van der Waals surface area contributed by atoms with Crippen LogP contribution in [0.25, 0.3) is 6.08 Å². The van der Waals surface area contributed by atoms with Gasteiger partial charge in [0.15, 0.2) is 11.5 Å². The Morgan fingerprint density at radius 3 is 2.55 bits per heavy atom. The Balaban J connectivity index is 1.79. The highest BCUT2D eigenvalue weighted by molar-refractivity contribution is 7.80. The SMILES string of the molecule is CCOc1cc(C(=S)N2CCC(C)CC2)ccc1OC(=O)/C(C#N)=C/c1ccccc1. The Morgan fingerprint density at radius 2 is 1.90 bits per heavy atom. The minimum absolute atomic E-state index is 0.0873. The Hall–Kier alpha value is -3.17. The molecule has 0 atom stereocenters. The summed E-state index contributed by atoms with van der Waals surface area (Å²) in [4.78, 5) is 15.6. The number of hydrogen-bond acceptors (Lipinski definition) is 5. The van der Waals surface area contributed by atoms with Gasteiger partial charge in [0, 0.05) is 18.7 Å². The highest BCUT2D eigenvalue weighted by atomic mass is 32.1. The lowest BCUT2D eigenvalue weighted by molar-refractivity contribution is -0.129. The van der Waals surface area contributed by atoms with Crippen LogP contribution in [-0.2, 0) is 4.79 Å². The van der Waals surface area contributed by atoms with Gasteiger partial charge >= 0.3 is 5.97 Å². The van der Waals surface area contributed by atoms with Crippen molar-refractivity contribution in [3.8, 4) is 17.6 Å². The molecule has 3 rings (SSSR count). The predicted molar refractivity (Wildman–Crippen MR) is 125 cm³/mol.